The van der Waals surface area contributed by atoms with Gasteiger partial charge in [0.2, 0.25) is 6.29 Å². The molecular weight excluding hydrogens is 284 g/mol. The molecule has 21 heavy (non-hydrogen) atoms. The van der Waals surface area contributed by atoms with E-state index in [2.05, 4.69) is 4.74 Å². The molecule has 1 unspecified atom stereocenters. The maximum atomic E-state index is 11.2. The molecule has 0 aromatic rings. The zero-order chi connectivity index (χ0) is 16.3. The van der Waals surface area contributed by atoms with E-state index in [1.807, 2.05) is 20.8 Å². The van der Waals surface area contributed by atoms with E-state index in [9.17, 15) is 9.59 Å². The second-order valence-electron chi connectivity index (χ2n) is 4.59. The Morgan fingerprint density at radius 3 is 2.52 bits per heavy atom. The predicted molar refractivity (Wildman–Crippen MR) is 71.2 cm³/mol. The van der Waals surface area contributed by atoms with E-state index in [1.54, 1.807) is 0 Å². The summed E-state index contributed by atoms with van der Waals surface area (Å²) in [5.74, 6) is -0.636. The molecule has 0 aliphatic rings. The molecule has 0 fully saturated rings. The first-order valence-electron chi connectivity index (χ1n) is 6.46. The molecule has 1 atom stereocenters. The molecule has 0 heterocycles. The van der Waals surface area contributed by atoms with E-state index in [1.165, 1.54) is 6.92 Å². The predicted octanol–water partition coefficient (Wildman–Crippen LogP) is 2.24. The van der Waals surface area contributed by atoms with Crippen molar-refractivity contribution in [3.05, 3.63) is 12.3 Å². The van der Waals surface area contributed by atoms with Crippen molar-refractivity contribution in [2.75, 3.05) is 13.2 Å². The summed E-state index contributed by atoms with van der Waals surface area (Å²) in [6, 6.07) is 0. The van der Waals surface area contributed by atoms with Gasteiger partial charge < -0.3 is 24.2 Å². The summed E-state index contributed by atoms with van der Waals surface area (Å²) in [7, 11) is 0. The molecule has 0 saturated heterocycles. The van der Waals surface area contributed by atoms with Gasteiger partial charge in [-0.3, -0.25) is 0 Å². The lowest BCUT2D eigenvalue weighted by molar-refractivity contribution is -0.316. The SMILES string of the molecule is CCC(C)(C)OOC=CC(=O)OCCOC(C)OC(=O)O. The summed E-state index contributed by atoms with van der Waals surface area (Å²) in [6.07, 6.45) is 0.526. The summed E-state index contributed by atoms with van der Waals surface area (Å²) >= 11 is 0. The maximum absolute atomic E-state index is 11.2. The molecule has 8 nitrogen and oxygen atoms in total. The van der Waals surface area contributed by atoms with Crippen LogP contribution in [0.15, 0.2) is 12.3 Å². The van der Waals surface area contributed by atoms with Gasteiger partial charge >= 0.3 is 12.1 Å². The Balaban J connectivity index is 3.69. The highest BCUT2D eigenvalue weighted by Crippen LogP contribution is 2.13. The average Bonchev–Trinajstić information content (AvgIpc) is 2.39. The first-order chi connectivity index (χ1) is 9.76. The van der Waals surface area contributed by atoms with Crippen LogP contribution in [0.1, 0.15) is 34.1 Å². The van der Waals surface area contributed by atoms with Crippen LogP contribution in [0.3, 0.4) is 0 Å². The zero-order valence-corrected chi connectivity index (χ0v) is 12.7. The molecule has 0 radical (unpaired) electrons. The molecule has 0 spiro atoms. The van der Waals surface area contributed by atoms with Gasteiger partial charge in [0.15, 0.2) is 0 Å². The van der Waals surface area contributed by atoms with Gasteiger partial charge in [-0.05, 0) is 27.2 Å². The number of hydrogen-bond donors (Lipinski definition) is 1. The van der Waals surface area contributed by atoms with E-state index >= 15 is 0 Å². The summed E-state index contributed by atoms with van der Waals surface area (Å²) < 4.78 is 14.0. The lowest BCUT2D eigenvalue weighted by atomic mass is 10.1. The minimum absolute atomic E-state index is 0.00818. The minimum Gasteiger partial charge on any atom is -0.460 e. The van der Waals surface area contributed by atoms with Gasteiger partial charge in [0, 0.05) is 0 Å². The van der Waals surface area contributed by atoms with Gasteiger partial charge in [-0.25, -0.2) is 9.59 Å². The van der Waals surface area contributed by atoms with E-state index < -0.39 is 24.0 Å². The standard InChI is InChI=1S/C13H22O8/c1-5-13(3,4)21-19-7-6-11(14)18-9-8-17-10(2)20-12(15)16/h6-7,10H,5,8-9H2,1-4H3,(H,15,16). The Bertz CT molecular complexity index is 350. The number of hydrogen-bond acceptors (Lipinski definition) is 7. The van der Waals surface area contributed by atoms with Crippen LogP contribution in [0.5, 0.6) is 0 Å². The number of carbonyl (C=O) groups excluding carboxylic acids is 1. The third kappa shape index (κ3) is 11.7. The molecule has 0 aromatic heterocycles. The number of ether oxygens (including phenoxy) is 3. The molecule has 8 heteroatoms. The van der Waals surface area contributed by atoms with Crippen molar-refractivity contribution < 1.29 is 38.7 Å². The van der Waals surface area contributed by atoms with Gasteiger partial charge in [-0.15, -0.1) is 0 Å². The van der Waals surface area contributed by atoms with Crippen LogP contribution in [0.25, 0.3) is 0 Å². The Morgan fingerprint density at radius 1 is 1.29 bits per heavy atom. The molecule has 1 N–H and O–H groups in total. The van der Waals surface area contributed by atoms with E-state index in [-0.39, 0.29) is 13.2 Å². The largest absolute Gasteiger partial charge is 0.508 e. The van der Waals surface area contributed by atoms with E-state index in [0.29, 0.717) is 0 Å². The smallest absolute Gasteiger partial charge is 0.460 e. The summed E-state index contributed by atoms with van der Waals surface area (Å²) in [5.41, 5.74) is -0.442. The van der Waals surface area contributed by atoms with Crippen LogP contribution in [0.2, 0.25) is 0 Å². The van der Waals surface area contributed by atoms with Crippen molar-refractivity contribution >= 4 is 12.1 Å². The Kier molecular flexibility index (Phi) is 9.15. The number of carbonyl (C=O) groups is 2. The topological polar surface area (TPSA) is 101 Å². The monoisotopic (exact) mass is 306 g/mol. The van der Waals surface area contributed by atoms with Gasteiger partial charge in [0.25, 0.3) is 0 Å². The Labute approximate surface area is 123 Å². The van der Waals surface area contributed by atoms with Crippen LogP contribution in [-0.4, -0.2) is 42.3 Å². The van der Waals surface area contributed by atoms with Crippen LogP contribution in [-0.2, 0) is 28.8 Å². The second-order valence-corrected chi connectivity index (χ2v) is 4.59. The normalized spacial score (nSPS) is 13.0. The van der Waals surface area contributed by atoms with E-state index in [0.717, 1.165) is 18.8 Å². The van der Waals surface area contributed by atoms with Crippen molar-refractivity contribution in [3.63, 3.8) is 0 Å². The first-order valence-corrected chi connectivity index (χ1v) is 6.46. The fourth-order valence-corrected chi connectivity index (χ4v) is 0.881. The first kappa shape index (κ1) is 19.2. The van der Waals surface area contributed by atoms with Crippen LogP contribution in [0.4, 0.5) is 4.79 Å². The molecule has 0 bridgehead atoms. The maximum Gasteiger partial charge on any atom is 0.508 e. The van der Waals surface area contributed by atoms with Crippen LogP contribution in [0, 0.1) is 0 Å². The Hall–Kier alpha value is -1.80. The van der Waals surface area contributed by atoms with Gasteiger partial charge in [0.05, 0.1) is 12.7 Å². The third-order valence-electron chi connectivity index (χ3n) is 2.33. The molecule has 0 aromatic carbocycles. The van der Waals surface area contributed by atoms with Gasteiger partial charge in [-0.2, -0.15) is 4.89 Å². The lowest BCUT2D eigenvalue weighted by Crippen LogP contribution is -2.22. The van der Waals surface area contributed by atoms with Crippen LogP contribution < -0.4 is 0 Å². The quantitative estimate of drug-likeness (QED) is 0.125. The Morgan fingerprint density at radius 2 is 1.95 bits per heavy atom. The van der Waals surface area contributed by atoms with Crippen molar-refractivity contribution in [1.82, 2.24) is 0 Å². The highest BCUT2D eigenvalue weighted by molar-refractivity contribution is 5.81. The zero-order valence-electron chi connectivity index (χ0n) is 12.7. The molecule has 0 aliphatic carbocycles. The fourth-order valence-electron chi connectivity index (χ4n) is 0.881. The molecule has 0 saturated carbocycles. The molecule has 0 rings (SSSR count). The van der Waals surface area contributed by atoms with E-state index in [4.69, 9.17) is 24.4 Å². The number of carboxylic acid groups (broad SMARTS) is 1. The average molecular weight is 306 g/mol. The number of esters is 1. The molecular formula is C13H22O8. The summed E-state index contributed by atoms with van der Waals surface area (Å²) in [5, 5.41) is 8.30. The summed E-state index contributed by atoms with van der Waals surface area (Å²) in [6.45, 7) is 7.01. The van der Waals surface area contributed by atoms with Crippen molar-refractivity contribution in [2.24, 2.45) is 0 Å². The van der Waals surface area contributed by atoms with Crippen molar-refractivity contribution in [1.29, 1.82) is 0 Å². The van der Waals surface area contributed by atoms with Crippen LogP contribution >= 0.6 is 0 Å². The fraction of sp³-hybridized carbons (Fsp3) is 0.692. The second kappa shape index (κ2) is 10.0. The highest BCUT2D eigenvalue weighted by atomic mass is 17.2. The van der Waals surface area contributed by atoms with Gasteiger partial charge in [-0.1, -0.05) is 6.92 Å². The number of rotatable bonds is 10. The molecule has 122 valence electrons. The van der Waals surface area contributed by atoms with Gasteiger partial charge in [0.1, 0.15) is 18.5 Å². The third-order valence-corrected chi connectivity index (χ3v) is 2.33. The van der Waals surface area contributed by atoms with Crippen molar-refractivity contribution in [2.45, 2.75) is 46.0 Å². The molecule has 0 aliphatic heterocycles. The highest BCUT2D eigenvalue weighted by Gasteiger charge is 2.16. The minimum atomic E-state index is -1.44. The summed E-state index contributed by atoms with van der Waals surface area (Å²) in [4.78, 5) is 31.2. The lowest BCUT2D eigenvalue weighted by Gasteiger charge is -2.19. The molecule has 0 amide bonds. The van der Waals surface area contributed by atoms with Crippen molar-refractivity contribution in [3.8, 4) is 0 Å².